The van der Waals surface area contributed by atoms with Crippen molar-refractivity contribution < 1.29 is 5.76 Å². The minimum atomic E-state index is -0.558. The maximum atomic E-state index is 13.1. The molecule has 2 aromatic rings. The first kappa shape index (κ1) is 5.29. The summed E-state index contributed by atoms with van der Waals surface area (Å²) in [4.78, 5) is 0. The monoisotopic (exact) mass is 151 g/mol. The van der Waals surface area contributed by atoms with Gasteiger partial charge >= 0.3 is 0 Å². The molecule has 0 saturated carbocycles. The molecule has 0 fully saturated rings. The molecule has 0 aliphatic heterocycles. The van der Waals surface area contributed by atoms with Gasteiger partial charge < -0.3 is 0 Å². The van der Waals surface area contributed by atoms with Crippen molar-refractivity contribution in [1.82, 2.24) is 10.2 Å². The van der Waals surface area contributed by atoms with Gasteiger partial charge in [0, 0.05) is 11.1 Å². The summed E-state index contributed by atoms with van der Waals surface area (Å²) >= 11 is 0. The van der Waals surface area contributed by atoms with E-state index in [0.717, 1.165) is 11.1 Å². The number of para-hydroxylation sites is 1. The smallest absolute Gasteiger partial charge is 0.151 e. The summed E-state index contributed by atoms with van der Waals surface area (Å²) in [5.74, 6) is -0.558. The number of nitrogens with one attached hydrogen (secondary N) is 1. The highest BCUT2D eigenvalue weighted by Crippen LogP contribution is 2.16. The van der Waals surface area contributed by atoms with Crippen LogP contribution in [0.2, 0.25) is 0 Å². The molecule has 1 heterocycles. The SMILES string of the molecule is [2H]c1ccc2c(C)[nH]nc2c1F. The lowest BCUT2D eigenvalue weighted by molar-refractivity contribution is 0.636. The van der Waals surface area contributed by atoms with E-state index >= 15 is 0 Å². The summed E-state index contributed by atoms with van der Waals surface area (Å²) < 4.78 is 20.3. The fraction of sp³-hybridized carbons (Fsp3) is 0.125. The number of aromatic nitrogens is 2. The molecule has 0 bridgehead atoms. The van der Waals surface area contributed by atoms with Gasteiger partial charge in [-0.15, -0.1) is 0 Å². The fourth-order valence-electron chi connectivity index (χ4n) is 1.08. The largest absolute Gasteiger partial charge is 0.282 e. The van der Waals surface area contributed by atoms with E-state index in [2.05, 4.69) is 10.2 Å². The van der Waals surface area contributed by atoms with Crippen molar-refractivity contribution in [1.29, 1.82) is 0 Å². The van der Waals surface area contributed by atoms with E-state index in [1.165, 1.54) is 6.07 Å². The van der Waals surface area contributed by atoms with Crippen LogP contribution in [0.3, 0.4) is 0 Å². The first-order valence-electron chi connectivity index (χ1n) is 3.80. The molecule has 0 unspecified atom stereocenters. The second-order valence-corrected chi connectivity index (χ2v) is 2.40. The van der Waals surface area contributed by atoms with Crippen molar-refractivity contribution in [3.63, 3.8) is 0 Å². The Balaban J connectivity index is 2.93. The van der Waals surface area contributed by atoms with Gasteiger partial charge in [0.2, 0.25) is 0 Å². The minimum absolute atomic E-state index is 0.117. The number of aromatic amines is 1. The zero-order valence-corrected chi connectivity index (χ0v) is 5.98. The molecule has 3 heteroatoms. The summed E-state index contributed by atoms with van der Waals surface area (Å²) in [6.07, 6.45) is 0. The zero-order valence-electron chi connectivity index (χ0n) is 6.98. The number of rotatable bonds is 0. The van der Waals surface area contributed by atoms with Crippen molar-refractivity contribution in [3.05, 3.63) is 29.7 Å². The number of aryl methyl sites for hydroxylation is 1. The average molecular weight is 151 g/mol. The number of nitrogens with zero attached hydrogens (tertiary/aromatic N) is 1. The van der Waals surface area contributed by atoms with Crippen LogP contribution in [0.25, 0.3) is 10.9 Å². The highest BCUT2D eigenvalue weighted by Gasteiger charge is 2.03. The Morgan fingerprint density at radius 1 is 1.73 bits per heavy atom. The highest BCUT2D eigenvalue weighted by atomic mass is 19.1. The van der Waals surface area contributed by atoms with Crippen LogP contribution < -0.4 is 0 Å². The standard InChI is InChI=1S/C8H7FN2/c1-5-6-3-2-4-7(9)8(6)11-10-5/h2-4H,1H3,(H,10,11)/i4D. The molecule has 56 valence electrons. The van der Waals surface area contributed by atoms with Gasteiger partial charge in [0.1, 0.15) is 5.52 Å². The van der Waals surface area contributed by atoms with E-state index in [4.69, 9.17) is 1.37 Å². The molecule has 2 nitrogen and oxygen atoms in total. The van der Waals surface area contributed by atoms with Gasteiger partial charge in [0.05, 0.1) is 1.37 Å². The topological polar surface area (TPSA) is 28.7 Å². The Labute approximate surface area is 64.4 Å². The summed E-state index contributed by atoms with van der Waals surface area (Å²) in [6, 6.07) is 3.01. The second-order valence-electron chi connectivity index (χ2n) is 2.40. The Morgan fingerprint density at radius 2 is 2.55 bits per heavy atom. The van der Waals surface area contributed by atoms with Gasteiger partial charge in [-0.25, -0.2) is 4.39 Å². The van der Waals surface area contributed by atoms with E-state index in [1.807, 2.05) is 6.92 Å². The summed E-state index contributed by atoms with van der Waals surface area (Å²) in [5, 5.41) is 7.17. The van der Waals surface area contributed by atoms with Gasteiger partial charge in [0.25, 0.3) is 0 Å². The number of halogens is 1. The van der Waals surface area contributed by atoms with Crippen molar-refractivity contribution in [2.75, 3.05) is 0 Å². The van der Waals surface area contributed by atoms with Crippen LogP contribution in [0.4, 0.5) is 4.39 Å². The number of hydrogen-bond donors (Lipinski definition) is 1. The number of fused-ring (bicyclic) bond motifs is 1. The van der Waals surface area contributed by atoms with Crippen LogP contribution in [0, 0.1) is 12.7 Å². The molecule has 0 atom stereocenters. The number of hydrogen-bond acceptors (Lipinski definition) is 1. The summed E-state index contributed by atoms with van der Waals surface area (Å²) in [6.45, 7) is 1.82. The predicted octanol–water partition coefficient (Wildman–Crippen LogP) is 2.01. The maximum Gasteiger partial charge on any atom is 0.151 e. The molecule has 1 N–H and O–H groups in total. The van der Waals surface area contributed by atoms with Crippen LogP contribution in [0.15, 0.2) is 18.2 Å². The second kappa shape index (κ2) is 2.05. The summed E-state index contributed by atoms with van der Waals surface area (Å²) in [5.41, 5.74) is 1.07. The van der Waals surface area contributed by atoms with Crippen molar-refractivity contribution in [2.24, 2.45) is 0 Å². The van der Waals surface area contributed by atoms with E-state index in [9.17, 15) is 4.39 Å². The third-order valence-corrected chi connectivity index (χ3v) is 1.66. The van der Waals surface area contributed by atoms with Crippen LogP contribution in [0.1, 0.15) is 7.06 Å². The molecule has 11 heavy (non-hydrogen) atoms. The summed E-state index contributed by atoms with van der Waals surface area (Å²) in [7, 11) is 0. The fourth-order valence-corrected chi connectivity index (χ4v) is 1.08. The normalized spacial score (nSPS) is 12.0. The quantitative estimate of drug-likeness (QED) is 0.613. The minimum Gasteiger partial charge on any atom is -0.282 e. The Morgan fingerprint density at radius 3 is 3.36 bits per heavy atom. The van der Waals surface area contributed by atoms with Gasteiger partial charge in [-0.05, 0) is 13.0 Å². The lowest BCUT2D eigenvalue weighted by atomic mass is 10.2. The number of H-pyrrole nitrogens is 1. The van der Waals surface area contributed by atoms with E-state index in [-0.39, 0.29) is 11.6 Å². The molecule has 0 saturated heterocycles. The Kier molecular flexibility index (Phi) is 0.987. The van der Waals surface area contributed by atoms with E-state index < -0.39 is 5.82 Å². The molecule has 0 aliphatic carbocycles. The van der Waals surface area contributed by atoms with E-state index in [1.54, 1.807) is 6.07 Å². The maximum absolute atomic E-state index is 13.1. The molecule has 0 amide bonds. The Bertz CT molecular complexity index is 436. The van der Waals surface area contributed by atoms with Crippen molar-refractivity contribution in [3.8, 4) is 0 Å². The third-order valence-electron chi connectivity index (χ3n) is 1.66. The average Bonchev–Trinajstić information content (AvgIpc) is 2.41. The highest BCUT2D eigenvalue weighted by molar-refractivity contribution is 5.81. The van der Waals surface area contributed by atoms with E-state index in [0.29, 0.717) is 0 Å². The van der Waals surface area contributed by atoms with Crippen LogP contribution in [-0.2, 0) is 0 Å². The molecule has 0 spiro atoms. The molecule has 1 aromatic carbocycles. The molecular formula is C8H7FN2. The van der Waals surface area contributed by atoms with Gasteiger partial charge in [-0.1, -0.05) is 12.1 Å². The lowest BCUT2D eigenvalue weighted by Gasteiger charge is -1.88. The first-order valence-corrected chi connectivity index (χ1v) is 3.30. The van der Waals surface area contributed by atoms with Crippen molar-refractivity contribution >= 4 is 10.9 Å². The Hall–Kier alpha value is -1.38. The molecule has 0 radical (unpaired) electrons. The first-order chi connectivity index (χ1) is 5.70. The van der Waals surface area contributed by atoms with Crippen LogP contribution in [0.5, 0.6) is 0 Å². The van der Waals surface area contributed by atoms with Gasteiger partial charge in [-0.2, -0.15) is 5.10 Å². The molecule has 0 aliphatic rings. The van der Waals surface area contributed by atoms with Gasteiger partial charge in [-0.3, -0.25) is 5.10 Å². The van der Waals surface area contributed by atoms with Crippen LogP contribution in [-0.4, -0.2) is 10.2 Å². The molecule has 2 rings (SSSR count). The zero-order chi connectivity index (χ0) is 8.72. The predicted molar refractivity (Wildman–Crippen MR) is 40.8 cm³/mol. The third kappa shape index (κ3) is 0.808. The van der Waals surface area contributed by atoms with Crippen molar-refractivity contribution in [2.45, 2.75) is 6.92 Å². The van der Waals surface area contributed by atoms with Crippen LogP contribution >= 0.6 is 0 Å². The number of benzene rings is 1. The lowest BCUT2D eigenvalue weighted by Crippen LogP contribution is -1.75. The molecular weight excluding hydrogens is 143 g/mol. The van der Waals surface area contributed by atoms with Gasteiger partial charge in [0.15, 0.2) is 5.82 Å². The molecule has 1 aromatic heterocycles.